The number of hydrogen-bond acceptors (Lipinski definition) is 9. The fourth-order valence-electron chi connectivity index (χ4n) is 4.63. The highest BCUT2D eigenvalue weighted by Gasteiger charge is 2.30. The number of carbonyl (C=O) groups is 3. The van der Waals surface area contributed by atoms with Crippen molar-refractivity contribution in [2.45, 2.75) is 44.1 Å². The van der Waals surface area contributed by atoms with E-state index in [0.29, 0.717) is 17.1 Å². The fourth-order valence-corrected chi connectivity index (χ4v) is 7.08. The molecule has 2 amide bonds. The number of carbonyl (C=O) groups excluding carboxylic acids is 3. The molecule has 0 heterocycles. The number of fused-ring (bicyclic) bond motifs is 3. The van der Waals surface area contributed by atoms with E-state index < -0.39 is 18.1 Å². The Balaban J connectivity index is 1.39. The van der Waals surface area contributed by atoms with Crippen LogP contribution < -0.4 is 20.1 Å². The average molecular weight is 639 g/mol. The number of ether oxygens (including phenoxy) is 4. The van der Waals surface area contributed by atoms with Crippen molar-refractivity contribution < 1.29 is 33.3 Å². The van der Waals surface area contributed by atoms with Gasteiger partial charge in [0.2, 0.25) is 0 Å². The Labute approximate surface area is 266 Å². The predicted molar refractivity (Wildman–Crippen MR) is 174 cm³/mol. The Kier molecular flexibility index (Phi) is 11.5. The summed E-state index contributed by atoms with van der Waals surface area (Å²) < 4.78 is 22.2. The third-order valence-corrected chi connectivity index (χ3v) is 10.1. The number of hydrogen-bond donors (Lipinski definition) is 2. The number of esters is 1. The predicted octanol–water partition coefficient (Wildman–Crippen LogP) is 5.95. The fraction of sp³-hybridized carbons (Fsp3) is 0.364. The van der Waals surface area contributed by atoms with E-state index >= 15 is 0 Å². The summed E-state index contributed by atoms with van der Waals surface area (Å²) in [5.41, 5.74) is 5.08. The first-order valence-electron chi connectivity index (χ1n) is 14.2. The number of alkyl carbamates (subject to hydrolysis) is 1. The molecule has 0 spiro atoms. The summed E-state index contributed by atoms with van der Waals surface area (Å²) >= 11 is 0. The highest BCUT2D eigenvalue weighted by atomic mass is 33.1. The van der Waals surface area contributed by atoms with Crippen molar-refractivity contribution in [3.05, 3.63) is 83.4 Å². The molecule has 1 aliphatic rings. The third kappa shape index (κ3) is 8.86. The topological polar surface area (TPSA) is 112 Å². The number of methoxy groups -OCH3 is 1. The molecule has 0 saturated heterocycles. The highest BCUT2D eigenvalue weighted by molar-refractivity contribution is 8.77. The third-order valence-electron chi connectivity index (χ3n) is 6.74. The molecule has 0 radical (unpaired) electrons. The number of amides is 2. The molecule has 1 aliphatic carbocycles. The van der Waals surface area contributed by atoms with E-state index in [1.807, 2.05) is 24.3 Å². The zero-order valence-electron chi connectivity index (χ0n) is 25.5. The second kappa shape index (κ2) is 15.3. The second-order valence-corrected chi connectivity index (χ2v) is 14.2. The molecule has 0 bridgehead atoms. The van der Waals surface area contributed by atoms with Crippen molar-refractivity contribution in [3.63, 3.8) is 0 Å². The van der Waals surface area contributed by atoms with Gasteiger partial charge in [-0.05, 0) is 34.4 Å². The molecular formula is C33H38N2O7S2. The van der Waals surface area contributed by atoms with Crippen LogP contribution in [0, 0.1) is 0 Å². The van der Waals surface area contributed by atoms with Gasteiger partial charge in [-0.2, -0.15) is 0 Å². The van der Waals surface area contributed by atoms with E-state index in [2.05, 4.69) is 55.7 Å². The maximum Gasteiger partial charge on any atom is 0.407 e. The molecule has 0 aliphatic heterocycles. The largest absolute Gasteiger partial charge is 0.496 e. The van der Waals surface area contributed by atoms with E-state index in [4.69, 9.17) is 18.9 Å². The van der Waals surface area contributed by atoms with Gasteiger partial charge in [0, 0.05) is 35.1 Å². The lowest BCUT2D eigenvalue weighted by Gasteiger charge is -2.21. The maximum absolute atomic E-state index is 13.2. The Morgan fingerprint density at radius 2 is 1.59 bits per heavy atom. The number of nitrogens with one attached hydrogen (secondary N) is 2. The minimum absolute atomic E-state index is 0.0438. The minimum atomic E-state index is -0.938. The molecule has 44 heavy (non-hydrogen) atoms. The molecule has 0 unspecified atom stereocenters. The standard InChI is InChI=1S/C33H38N2O7S2/c1-33(2,3)44-43-20-28(31(37)41-17-21-14-15-22(16-29(21)39-5)40-19-30(36)34-4)35-32(38)42-18-27-25-12-8-6-10-23(25)24-11-7-9-13-26(24)27/h6-16,27-28H,17-20H2,1-5H3,(H,34,36)(H,35,38)/t28-/m1/s1. The first-order valence-corrected chi connectivity index (χ1v) is 16.5. The van der Waals surface area contributed by atoms with Gasteiger partial charge in [0.1, 0.15) is 30.8 Å². The lowest BCUT2D eigenvalue weighted by Crippen LogP contribution is -2.44. The van der Waals surface area contributed by atoms with Gasteiger partial charge in [-0.1, -0.05) is 90.9 Å². The zero-order chi connectivity index (χ0) is 31.7. The van der Waals surface area contributed by atoms with E-state index in [0.717, 1.165) is 22.3 Å². The molecule has 11 heteroatoms. The molecule has 0 fully saturated rings. The maximum atomic E-state index is 13.2. The van der Waals surface area contributed by atoms with Gasteiger partial charge in [0.25, 0.3) is 5.91 Å². The average Bonchev–Trinajstić information content (AvgIpc) is 3.34. The van der Waals surface area contributed by atoms with E-state index in [-0.39, 0.29) is 42.1 Å². The SMILES string of the molecule is CNC(=O)COc1ccc(COC(=O)[C@@H](CSSC(C)(C)C)NC(=O)OCC2c3ccccc3-c3ccccc32)c(OC)c1. The molecular weight excluding hydrogens is 601 g/mol. The first kappa shape index (κ1) is 33.1. The number of likely N-dealkylation sites (N-methyl/N-ethyl adjacent to an activating group) is 1. The summed E-state index contributed by atoms with van der Waals surface area (Å²) in [5, 5.41) is 5.21. The number of rotatable bonds is 13. The monoisotopic (exact) mass is 638 g/mol. The van der Waals surface area contributed by atoms with Gasteiger partial charge >= 0.3 is 12.1 Å². The lowest BCUT2D eigenvalue weighted by molar-refractivity contribution is -0.146. The van der Waals surface area contributed by atoms with Crippen LogP contribution in [0.15, 0.2) is 66.7 Å². The van der Waals surface area contributed by atoms with Gasteiger partial charge in [-0.15, -0.1) is 0 Å². The quantitative estimate of drug-likeness (QED) is 0.173. The van der Waals surface area contributed by atoms with Crippen LogP contribution in [0.5, 0.6) is 11.5 Å². The van der Waals surface area contributed by atoms with Crippen molar-refractivity contribution >= 4 is 39.6 Å². The van der Waals surface area contributed by atoms with Crippen LogP contribution in [0.3, 0.4) is 0 Å². The van der Waals surface area contributed by atoms with Gasteiger partial charge < -0.3 is 29.6 Å². The van der Waals surface area contributed by atoms with Crippen molar-refractivity contribution in [2.75, 3.05) is 33.1 Å². The molecule has 9 nitrogen and oxygen atoms in total. The van der Waals surface area contributed by atoms with Crippen molar-refractivity contribution in [1.29, 1.82) is 0 Å². The Hall–Kier alpha value is -3.83. The summed E-state index contributed by atoms with van der Waals surface area (Å²) in [6.07, 6.45) is -0.689. The lowest BCUT2D eigenvalue weighted by atomic mass is 9.98. The molecule has 1 atom stereocenters. The van der Waals surface area contributed by atoms with E-state index in [1.54, 1.807) is 29.0 Å². The molecule has 0 saturated carbocycles. The summed E-state index contributed by atoms with van der Waals surface area (Å²) in [4.78, 5) is 37.8. The van der Waals surface area contributed by atoms with Gasteiger partial charge in [-0.25, -0.2) is 9.59 Å². The Bertz CT molecular complexity index is 1430. The molecule has 3 aromatic rings. The van der Waals surface area contributed by atoms with Crippen LogP contribution >= 0.6 is 21.6 Å². The molecule has 4 rings (SSSR count). The highest BCUT2D eigenvalue weighted by Crippen LogP contribution is 2.44. The molecule has 0 aromatic heterocycles. The minimum Gasteiger partial charge on any atom is -0.496 e. The van der Waals surface area contributed by atoms with E-state index in [9.17, 15) is 14.4 Å². The van der Waals surface area contributed by atoms with Crippen LogP contribution in [-0.2, 0) is 25.7 Å². The summed E-state index contributed by atoms with van der Waals surface area (Å²) in [5.74, 6) is 0.202. The van der Waals surface area contributed by atoms with Crippen molar-refractivity contribution in [1.82, 2.24) is 10.6 Å². The second-order valence-electron chi connectivity index (χ2n) is 11.0. The Morgan fingerprint density at radius 3 is 2.20 bits per heavy atom. The smallest absolute Gasteiger partial charge is 0.407 e. The van der Waals surface area contributed by atoms with E-state index in [1.165, 1.54) is 25.0 Å². The number of benzene rings is 3. The summed E-state index contributed by atoms with van der Waals surface area (Å²) in [7, 11) is 6.10. The van der Waals surface area contributed by atoms with Gasteiger partial charge in [-0.3, -0.25) is 4.79 Å². The normalized spacial score (nSPS) is 12.8. The first-order chi connectivity index (χ1) is 21.1. The van der Waals surface area contributed by atoms with Gasteiger partial charge in [0.15, 0.2) is 6.61 Å². The van der Waals surface area contributed by atoms with Gasteiger partial charge in [0.05, 0.1) is 7.11 Å². The van der Waals surface area contributed by atoms with Crippen LogP contribution in [-0.4, -0.2) is 61.9 Å². The van der Waals surface area contributed by atoms with Crippen molar-refractivity contribution in [2.24, 2.45) is 0 Å². The zero-order valence-corrected chi connectivity index (χ0v) is 27.1. The molecule has 3 aromatic carbocycles. The van der Waals surface area contributed by atoms with Crippen LogP contribution in [0.25, 0.3) is 11.1 Å². The van der Waals surface area contributed by atoms with Crippen LogP contribution in [0.1, 0.15) is 43.4 Å². The Morgan fingerprint density at radius 1 is 0.932 bits per heavy atom. The van der Waals surface area contributed by atoms with Crippen molar-refractivity contribution in [3.8, 4) is 22.6 Å². The summed E-state index contributed by atoms with van der Waals surface area (Å²) in [6, 6.07) is 20.3. The molecule has 234 valence electrons. The van der Waals surface area contributed by atoms with Crippen LogP contribution in [0.4, 0.5) is 4.79 Å². The van der Waals surface area contributed by atoms with Crippen LogP contribution in [0.2, 0.25) is 0 Å². The molecule has 2 N–H and O–H groups in total. The summed E-state index contributed by atoms with van der Waals surface area (Å²) in [6.45, 7) is 6.14.